The summed E-state index contributed by atoms with van der Waals surface area (Å²) in [5.74, 6) is -0.688. The molecule has 6 nitrogen and oxygen atoms in total. The van der Waals surface area contributed by atoms with Crippen LogP contribution in [-0.2, 0) is 21.4 Å². The number of rotatable bonds is 7. The summed E-state index contributed by atoms with van der Waals surface area (Å²) in [7, 11) is -1.34. The number of carbonyl (C=O) groups is 1. The number of hydroxylamine groups is 1. The molecule has 1 saturated carbocycles. The van der Waals surface area contributed by atoms with Gasteiger partial charge in [0.15, 0.2) is 0 Å². The van der Waals surface area contributed by atoms with Gasteiger partial charge in [-0.1, -0.05) is 28.7 Å². The first-order chi connectivity index (χ1) is 12.8. The third kappa shape index (κ3) is 4.18. The Morgan fingerprint density at radius 3 is 2.52 bits per heavy atom. The zero-order chi connectivity index (χ0) is 19.6. The second-order valence-electron chi connectivity index (χ2n) is 6.38. The van der Waals surface area contributed by atoms with Crippen molar-refractivity contribution in [1.29, 1.82) is 0 Å². The molecule has 144 valence electrons. The van der Waals surface area contributed by atoms with E-state index in [2.05, 4.69) is 0 Å². The Bertz CT molecular complexity index is 944. The van der Waals surface area contributed by atoms with Gasteiger partial charge in [-0.15, -0.1) is 0 Å². The van der Waals surface area contributed by atoms with Gasteiger partial charge >= 0.3 is 0 Å². The Hall–Kier alpha value is -2.29. The van der Waals surface area contributed by atoms with Crippen molar-refractivity contribution in [3.8, 4) is 0 Å². The molecule has 0 atom stereocenters. The summed E-state index contributed by atoms with van der Waals surface area (Å²) in [6.45, 7) is 0.144. The van der Waals surface area contributed by atoms with E-state index in [1.54, 1.807) is 29.2 Å². The van der Waals surface area contributed by atoms with Crippen molar-refractivity contribution in [2.75, 3.05) is 14.2 Å². The van der Waals surface area contributed by atoms with Crippen LogP contribution in [0.25, 0.3) is 0 Å². The highest BCUT2D eigenvalue weighted by atomic mass is 32.2. The molecule has 1 aliphatic carbocycles. The standard InChI is InChI=1S/C19H21FN2O4S/c1-21(26-2)27(24,25)17-8-5-7-14(12-17)19(23)22(16-10-11-16)13-15-6-3-4-9-18(15)20/h3-9,12,16H,10-11,13H2,1-2H3. The highest BCUT2D eigenvalue weighted by Gasteiger charge is 2.34. The monoisotopic (exact) mass is 392 g/mol. The third-order valence-electron chi connectivity index (χ3n) is 4.52. The summed E-state index contributed by atoms with van der Waals surface area (Å²) in [5.41, 5.74) is 0.671. The fourth-order valence-electron chi connectivity index (χ4n) is 2.77. The quantitative estimate of drug-likeness (QED) is 0.680. The van der Waals surface area contributed by atoms with Crippen LogP contribution in [0.15, 0.2) is 53.4 Å². The van der Waals surface area contributed by atoms with E-state index in [9.17, 15) is 17.6 Å². The fraction of sp³-hybridized carbons (Fsp3) is 0.316. The molecule has 0 aromatic heterocycles. The first-order valence-corrected chi connectivity index (χ1v) is 9.96. The topological polar surface area (TPSA) is 66.9 Å². The predicted molar refractivity (Wildman–Crippen MR) is 97.7 cm³/mol. The maximum absolute atomic E-state index is 14.0. The third-order valence-corrected chi connectivity index (χ3v) is 6.20. The Labute approximate surface area is 158 Å². The molecule has 3 rings (SSSR count). The minimum absolute atomic E-state index is 0.0408. The molecule has 2 aromatic rings. The summed E-state index contributed by atoms with van der Waals surface area (Å²) < 4.78 is 39.6. The second kappa shape index (κ2) is 7.75. The lowest BCUT2D eigenvalue weighted by molar-refractivity contribution is -0.0258. The van der Waals surface area contributed by atoms with Gasteiger partial charge in [0.25, 0.3) is 15.9 Å². The lowest BCUT2D eigenvalue weighted by atomic mass is 10.1. The van der Waals surface area contributed by atoms with Crippen LogP contribution < -0.4 is 0 Å². The molecule has 27 heavy (non-hydrogen) atoms. The number of hydrogen-bond acceptors (Lipinski definition) is 4. The summed E-state index contributed by atoms with van der Waals surface area (Å²) >= 11 is 0. The highest BCUT2D eigenvalue weighted by molar-refractivity contribution is 7.89. The van der Waals surface area contributed by atoms with Gasteiger partial charge in [0.2, 0.25) is 0 Å². The number of sulfonamides is 1. The molecule has 0 heterocycles. The first kappa shape index (κ1) is 19.5. The van der Waals surface area contributed by atoms with Crippen LogP contribution in [0.1, 0.15) is 28.8 Å². The molecule has 1 fully saturated rings. The van der Waals surface area contributed by atoms with Crippen molar-refractivity contribution >= 4 is 15.9 Å². The molecule has 0 unspecified atom stereocenters. The molecule has 1 amide bonds. The molecule has 0 spiro atoms. The number of amides is 1. The van der Waals surface area contributed by atoms with Gasteiger partial charge in [-0.05, 0) is 37.1 Å². The van der Waals surface area contributed by atoms with E-state index >= 15 is 0 Å². The zero-order valence-electron chi connectivity index (χ0n) is 15.1. The van der Waals surface area contributed by atoms with E-state index in [0.717, 1.165) is 17.3 Å². The van der Waals surface area contributed by atoms with E-state index in [0.29, 0.717) is 5.56 Å². The van der Waals surface area contributed by atoms with Crippen molar-refractivity contribution < 1.29 is 22.4 Å². The first-order valence-electron chi connectivity index (χ1n) is 8.52. The summed E-state index contributed by atoms with van der Waals surface area (Å²) in [4.78, 5) is 19.3. The maximum Gasteiger partial charge on any atom is 0.264 e. The van der Waals surface area contributed by atoms with E-state index < -0.39 is 10.0 Å². The van der Waals surface area contributed by atoms with Gasteiger partial charge in [-0.3, -0.25) is 9.63 Å². The molecular formula is C19H21FN2O4S. The summed E-state index contributed by atoms with van der Waals surface area (Å²) in [6.07, 6.45) is 1.70. The lowest BCUT2D eigenvalue weighted by Gasteiger charge is -2.23. The van der Waals surface area contributed by atoms with Crippen molar-refractivity contribution in [2.45, 2.75) is 30.3 Å². The van der Waals surface area contributed by atoms with Gasteiger partial charge in [-0.25, -0.2) is 12.8 Å². The van der Waals surface area contributed by atoms with Crippen molar-refractivity contribution in [2.24, 2.45) is 0 Å². The second-order valence-corrected chi connectivity index (χ2v) is 8.32. The molecule has 0 N–H and O–H groups in total. The van der Waals surface area contributed by atoms with Crippen LogP contribution in [0, 0.1) is 5.82 Å². The van der Waals surface area contributed by atoms with Crippen LogP contribution in [0.3, 0.4) is 0 Å². The number of nitrogens with zero attached hydrogens (tertiary/aromatic N) is 2. The molecule has 1 aliphatic rings. The number of hydrogen-bond donors (Lipinski definition) is 0. The maximum atomic E-state index is 14.0. The highest BCUT2D eigenvalue weighted by Crippen LogP contribution is 2.30. The smallest absolute Gasteiger partial charge is 0.264 e. The summed E-state index contributed by atoms with van der Waals surface area (Å²) in [6, 6.07) is 12.2. The summed E-state index contributed by atoms with van der Waals surface area (Å²) in [5, 5.41) is 0. The molecule has 8 heteroatoms. The van der Waals surface area contributed by atoms with E-state index in [1.807, 2.05) is 0 Å². The van der Waals surface area contributed by atoms with Crippen LogP contribution in [-0.4, -0.2) is 43.9 Å². The molecule has 2 aromatic carbocycles. The number of carbonyl (C=O) groups excluding carboxylic acids is 1. The van der Waals surface area contributed by atoms with Crippen LogP contribution in [0.5, 0.6) is 0 Å². The van der Waals surface area contributed by atoms with Crippen LogP contribution >= 0.6 is 0 Å². The molecule has 0 bridgehead atoms. The average Bonchev–Trinajstić information content (AvgIpc) is 3.51. The molecule has 0 aliphatic heterocycles. The van der Waals surface area contributed by atoms with Gasteiger partial charge in [0.05, 0.1) is 12.0 Å². The van der Waals surface area contributed by atoms with Gasteiger partial charge < -0.3 is 4.90 Å². The predicted octanol–water partition coefficient (Wildman–Crippen LogP) is 2.81. The Morgan fingerprint density at radius 2 is 1.89 bits per heavy atom. The van der Waals surface area contributed by atoms with Gasteiger partial charge in [0.1, 0.15) is 5.82 Å². The van der Waals surface area contributed by atoms with Gasteiger partial charge in [0, 0.05) is 30.8 Å². The van der Waals surface area contributed by atoms with Crippen molar-refractivity contribution in [1.82, 2.24) is 9.37 Å². The normalized spacial score (nSPS) is 14.4. The Kier molecular flexibility index (Phi) is 5.59. The van der Waals surface area contributed by atoms with E-state index in [4.69, 9.17) is 4.84 Å². The Morgan fingerprint density at radius 1 is 1.19 bits per heavy atom. The fourth-order valence-corrected chi connectivity index (χ4v) is 3.78. The SMILES string of the molecule is CON(C)S(=O)(=O)c1cccc(C(=O)N(Cc2ccccc2F)C2CC2)c1. The minimum Gasteiger partial charge on any atom is -0.331 e. The van der Waals surface area contributed by atoms with Crippen molar-refractivity contribution in [3.63, 3.8) is 0 Å². The van der Waals surface area contributed by atoms with E-state index in [-0.39, 0.29) is 34.8 Å². The zero-order valence-corrected chi connectivity index (χ0v) is 15.9. The van der Waals surface area contributed by atoms with Crippen LogP contribution in [0.2, 0.25) is 0 Å². The largest absolute Gasteiger partial charge is 0.331 e. The average molecular weight is 392 g/mol. The van der Waals surface area contributed by atoms with Crippen molar-refractivity contribution in [3.05, 3.63) is 65.5 Å². The number of halogens is 1. The minimum atomic E-state index is -3.86. The van der Waals surface area contributed by atoms with Crippen LogP contribution in [0.4, 0.5) is 4.39 Å². The molecule has 0 radical (unpaired) electrons. The number of benzene rings is 2. The van der Waals surface area contributed by atoms with E-state index in [1.165, 1.54) is 38.4 Å². The lowest BCUT2D eigenvalue weighted by Crippen LogP contribution is -2.33. The molecule has 0 saturated heterocycles. The van der Waals surface area contributed by atoms with Gasteiger partial charge in [-0.2, -0.15) is 0 Å². The molecular weight excluding hydrogens is 371 g/mol. The Balaban J connectivity index is 1.89.